The summed E-state index contributed by atoms with van der Waals surface area (Å²) in [4.78, 5) is 27.3. The van der Waals surface area contributed by atoms with Crippen LogP contribution in [0.15, 0.2) is 58.7 Å². The number of allylic oxidation sites excluding steroid dienone is 2. The standard InChI is InChI=1S/C23H25N5O2S2/c1-23(2)16-7-4-5-8-17(16)27(3)19(23)13-15(29)14-32-22-26-25-21(18-9-6-12-31-18)28(22)11-10-20(24)30/h4-9,12-13H,10-11,14H2,1-3H3,(H2,24,30)/b19-13-. The molecule has 166 valence electrons. The topological polar surface area (TPSA) is 94.1 Å². The first-order valence-electron chi connectivity index (χ1n) is 10.3. The van der Waals surface area contributed by atoms with E-state index in [0.717, 1.165) is 16.3 Å². The van der Waals surface area contributed by atoms with Crippen molar-refractivity contribution in [2.45, 2.75) is 37.4 Å². The molecule has 0 saturated heterocycles. The van der Waals surface area contributed by atoms with E-state index in [1.54, 1.807) is 17.4 Å². The summed E-state index contributed by atoms with van der Waals surface area (Å²) in [5.41, 5.74) is 8.40. The van der Waals surface area contributed by atoms with Crippen LogP contribution in [0.5, 0.6) is 0 Å². The molecule has 0 spiro atoms. The molecule has 0 saturated carbocycles. The average molecular weight is 468 g/mol. The maximum atomic E-state index is 12.9. The number of hydrogen-bond donors (Lipinski definition) is 1. The fourth-order valence-corrected chi connectivity index (χ4v) is 5.50. The van der Waals surface area contributed by atoms with Crippen LogP contribution in [0.25, 0.3) is 10.7 Å². The third kappa shape index (κ3) is 4.22. The number of thioether (sulfide) groups is 1. The molecule has 0 atom stereocenters. The molecule has 2 aromatic heterocycles. The smallest absolute Gasteiger partial charge is 0.219 e. The van der Waals surface area contributed by atoms with Crippen molar-refractivity contribution in [3.63, 3.8) is 0 Å². The highest BCUT2D eigenvalue weighted by atomic mass is 32.2. The van der Waals surface area contributed by atoms with E-state index in [9.17, 15) is 9.59 Å². The van der Waals surface area contributed by atoms with Crippen LogP contribution in [0, 0.1) is 0 Å². The number of carbonyl (C=O) groups is 2. The minimum atomic E-state index is -0.390. The summed E-state index contributed by atoms with van der Waals surface area (Å²) in [5.74, 6) is 0.517. The lowest BCUT2D eigenvalue weighted by molar-refractivity contribution is -0.118. The number of nitrogens with zero attached hydrogens (tertiary/aromatic N) is 4. The van der Waals surface area contributed by atoms with Gasteiger partial charge in [0.15, 0.2) is 16.8 Å². The lowest BCUT2D eigenvalue weighted by Crippen LogP contribution is -2.24. The summed E-state index contributed by atoms with van der Waals surface area (Å²) < 4.78 is 1.86. The van der Waals surface area contributed by atoms with E-state index in [4.69, 9.17) is 5.73 Å². The van der Waals surface area contributed by atoms with E-state index >= 15 is 0 Å². The fraction of sp³-hybridized carbons (Fsp3) is 0.304. The van der Waals surface area contributed by atoms with E-state index < -0.39 is 5.91 Å². The SMILES string of the molecule is CN1/C(=C\C(=O)CSc2nnc(-c3cccs3)n2CCC(N)=O)C(C)(C)c2ccccc21. The Morgan fingerprint density at radius 3 is 2.66 bits per heavy atom. The second-order valence-corrected chi connectivity index (χ2v) is 10.0. The molecular formula is C23H25N5O2S2. The van der Waals surface area contributed by atoms with Crippen molar-refractivity contribution in [3.05, 3.63) is 59.1 Å². The van der Waals surface area contributed by atoms with Crippen LogP contribution in [0.1, 0.15) is 25.8 Å². The maximum absolute atomic E-state index is 12.9. The van der Waals surface area contributed by atoms with Gasteiger partial charge in [0, 0.05) is 42.9 Å². The van der Waals surface area contributed by atoms with Gasteiger partial charge < -0.3 is 15.2 Å². The molecule has 1 aliphatic rings. The maximum Gasteiger partial charge on any atom is 0.219 e. The number of likely N-dealkylation sites (N-methyl/N-ethyl adjacent to an activating group) is 1. The fourth-order valence-electron chi connectivity index (χ4n) is 4.00. The molecule has 0 bridgehead atoms. The molecule has 4 rings (SSSR count). The highest BCUT2D eigenvalue weighted by Crippen LogP contribution is 2.46. The largest absolute Gasteiger partial charge is 0.370 e. The van der Waals surface area contributed by atoms with Crippen molar-refractivity contribution in [1.82, 2.24) is 14.8 Å². The minimum Gasteiger partial charge on any atom is -0.370 e. The molecule has 1 aromatic carbocycles. The number of rotatable bonds is 8. The number of ketones is 1. The molecule has 2 N–H and O–H groups in total. The Hall–Kier alpha value is -2.91. The van der Waals surface area contributed by atoms with Crippen LogP contribution in [0.3, 0.4) is 0 Å². The molecule has 0 radical (unpaired) electrons. The number of thiophene rings is 1. The van der Waals surface area contributed by atoms with Gasteiger partial charge in [-0.3, -0.25) is 9.59 Å². The number of nitrogens with two attached hydrogens (primary N) is 1. The first kappa shape index (κ1) is 22.3. The lowest BCUT2D eigenvalue weighted by atomic mass is 9.83. The Balaban J connectivity index is 1.53. The van der Waals surface area contributed by atoms with Crippen molar-refractivity contribution in [2.24, 2.45) is 5.73 Å². The lowest BCUT2D eigenvalue weighted by Gasteiger charge is -2.23. The number of aromatic nitrogens is 3. The second kappa shape index (κ2) is 8.91. The second-order valence-electron chi connectivity index (χ2n) is 8.14. The van der Waals surface area contributed by atoms with Gasteiger partial charge in [-0.05, 0) is 23.1 Å². The van der Waals surface area contributed by atoms with Crippen molar-refractivity contribution < 1.29 is 9.59 Å². The Labute approximate surface area is 195 Å². The Morgan fingerprint density at radius 2 is 1.97 bits per heavy atom. The van der Waals surface area contributed by atoms with Crippen LogP contribution >= 0.6 is 23.1 Å². The van der Waals surface area contributed by atoms with Gasteiger partial charge in [0.05, 0.1) is 10.6 Å². The number of anilines is 1. The predicted octanol–water partition coefficient (Wildman–Crippen LogP) is 3.85. The molecule has 9 heteroatoms. The highest BCUT2D eigenvalue weighted by molar-refractivity contribution is 7.99. The first-order chi connectivity index (χ1) is 15.3. The van der Waals surface area contributed by atoms with Crippen molar-refractivity contribution in [3.8, 4) is 10.7 Å². The van der Waals surface area contributed by atoms with Crippen LogP contribution in [-0.2, 0) is 21.5 Å². The Morgan fingerprint density at radius 1 is 1.19 bits per heavy atom. The molecule has 1 aliphatic heterocycles. The number of benzene rings is 1. The summed E-state index contributed by atoms with van der Waals surface area (Å²) in [6.07, 6.45) is 1.91. The van der Waals surface area contributed by atoms with Gasteiger partial charge in [0.25, 0.3) is 0 Å². The molecule has 32 heavy (non-hydrogen) atoms. The van der Waals surface area contributed by atoms with Crippen molar-refractivity contribution >= 4 is 40.5 Å². The summed E-state index contributed by atoms with van der Waals surface area (Å²) in [6, 6.07) is 12.1. The van der Waals surface area contributed by atoms with E-state index in [2.05, 4.69) is 41.1 Å². The predicted molar refractivity (Wildman–Crippen MR) is 129 cm³/mol. The number of hydrogen-bond acceptors (Lipinski definition) is 7. The van der Waals surface area contributed by atoms with E-state index in [1.807, 2.05) is 41.3 Å². The normalized spacial score (nSPS) is 15.8. The zero-order chi connectivity index (χ0) is 22.9. The van der Waals surface area contributed by atoms with Crippen molar-refractivity contribution in [2.75, 3.05) is 17.7 Å². The average Bonchev–Trinajstić information content (AvgIpc) is 3.46. The number of primary amides is 1. The molecule has 3 aromatic rings. The molecule has 7 nitrogen and oxygen atoms in total. The van der Waals surface area contributed by atoms with E-state index in [-0.39, 0.29) is 23.4 Å². The Bertz CT molecular complexity index is 1180. The third-order valence-electron chi connectivity index (χ3n) is 5.62. The number of amides is 1. The van der Waals surface area contributed by atoms with Crippen molar-refractivity contribution in [1.29, 1.82) is 0 Å². The molecule has 0 unspecified atom stereocenters. The van der Waals surface area contributed by atoms with Gasteiger partial charge in [0.2, 0.25) is 5.91 Å². The first-order valence-corrected chi connectivity index (χ1v) is 12.1. The number of fused-ring (bicyclic) bond motifs is 1. The zero-order valence-corrected chi connectivity index (χ0v) is 19.9. The number of carbonyl (C=O) groups excluding carboxylic acids is 2. The van der Waals surface area contributed by atoms with Gasteiger partial charge in [0.1, 0.15) is 0 Å². The van der Waals surface area contributed by atoms with E-state index in [0.29, 0.717) is 17.5 Å². The summed E-state index contributed by atoms with van der Waals surface area (Å²) in [7, 11) is 1.99. The quantitative estimate of drug-likeness (QED) is 0.399. The highest BCUT2D eigenvalue weighted by Gasteiger charge is 2.38. The van der Waals surface area contributed by atoms with Gasteiger partial charge in [-0.25, -0.2) is 0 Å². The third-order valence-corrected chi connectivity index (χ3v) is 7.48. The zero-order valence-electron chi connectivity index (χ0n) is 18.2. The summed E-state index contributed by atoms with van der Waals surface area (Å²) >= 11 is 2.87. The minimum absolute atomic E-state index is 0.000133. The summed E-state index contributed by atoms with van der Waals surface area (Å²) in [6.45, 7) is 4.64. The summed E-state index contributed by atoms with van der Waals surface area (Å²) in [5, 5.41) is 11.1. The molecule has 0 aliphatic carbocycles. The van der Waals surface area contributed by atoms with Gasteiger partial charge in [-0.1, -0.05) is 49.9 Å². The monoisotopic (exact) mass is 467 g/mol. The van der Waals surface area contributed by atoms with Crippen LogP contribution in [-0.4, -0.2) is 39.3 Å². The van der Waals surface area contributed by atoms with Gasteiger partial charge >= 0.3 is 0 Å². The molecule has 0 fully saturated rings. The van der Waals surface area contributed by atoms with Gasteiger partial charge in [-0.2, -0.15) is 0 Å². The van der Waals surface area contributed by atoms with Crippen LogP contribution in [0.4, 0.5) is 5.69 Å². The molecule has 3 heterocycles. The van der Waals surface area contributed by atoms with Crippen LogP contribution in [0.2, 0.25) is 0 Å². The van der Waals surface area contributed by atoms with Crippen LogP contribution < -0.4 is 10.6 Å². The number of para-hydroxylation sites is 1. The van der Waals surface area contributed by atoms with E-state index in [1.165, 1.54) is 17.3 Å². The Kier molecular flexibility index (Phi) is 6.21. The molecule has 1 amide bonds. The molecular weight excluding hydrogens is 442 g/mol. The van der Waals surface area contributed by atoms with Gasteiger partial charge in [-0.15, -0.1) is 21.5 Å².